The highest BCUT2D eigenvalue weighted by Gasteiger charge is 2.13. The van der Waals surface area contributed by atoms with Crippen molar-refractivity contribution in [1.29, 1.82) is 0 Å². The van der Waals surface area contributed by atoms with Gasteiger partial charge in [-0.3, -0.25) is 4.68 Å². The monoisotopic (exact) mass is 235 g/mol. The number of aryl methyl sites for hydroxylation is 2. The van der Waals surface area contributed by atoms with E-state index in [1.807, 2.05) is 0 Å². The van der Waals surface area contributed by atoms with E-state index in [0.717, 1.165) is 11.1 Å². The van der Waals surface area contributed by atoms with Gasteiger partial charge in [0.15, 0.2) is 11.6 Å². The lowest BCUT2D eigenvalue weighted by Crippen LogP contribution is -1.98. The van der Waals surface area contributed by atoms with Gasteiger partial charge in [0.2, 0.25) is 0 Å². The van der Waals surface area contributed by atoms with E-state index in [1.54, 1.807) is 37.0 Å². The lowest BCUT2D eigenvalue weighted by Gasteiger charge is -2.08. The Bertz CT molecular complexity index is 563. The zero-order valence-corrected chi connectivity index (χ0v) is 9.99. The molecule has 4 nitrogen and oxygen atoms in total. The molecule has 5 heteroatoms. The van der Waals surface area contributed by atoms with Crippen molar-refractivity contribution in [2.24, 2.45) is 7.05 Å². The smallest absolute Gasteiger partial charge is 0.167 e. The topological polar surface area (TPSA) is 53.1 Å². The van der Waals surface area contributed by atoms with Crippen molar-refractivity contribution in [3.63, 3.8) is 0 Å². The highest BCUT2D eigenvalue weighted by molar-refractivity contribution is 5.75. The number of aromatic nitrogens is 2. The Morgan fingerprint density at radius 2 is 2.12 bits per heavy atom. The summed E-state index contributed by atoms with van der Waals surface area (Å²) >= 11 is 0. The minimum Gasteiger partial charge on any atom is -0.494 e. The van der Waals surface area contributed by atoms with Crippen LogP contribution in [0.1, 0.15) is 5.56 Å². The molecule has 2 aromatic rings. The fraction of sp³-hybridized carbons (Fsp3) is 0.250. The van der Waals surface area contributed by atoms with Crippen LogP contribution in [0.15, 0.2) is 18.3 Å². The zero-order chi connectivity index (χ0) is 12.6. The molecule has 2 N–H and O–H groups in total. The first-order chi connectivity index (χ1) is 8.04. The van der Waals surface area contributed by atoms with Crippen LogP contribution in [0, 0.1) is 12.7 Å². The second kappa shape index (κ2) is 4.08. The summed E-state index contributed by atoms with van der Waals surface area (Å²) < 4.78 is 20.2. The molecular weight excluding hydrogens is 221 g/mol. The molecule has 0 atom stereocenters. The number of methoxy groups -OCH3 is 1. The molecule has 0 saturated carbocycles. The molecule has 0 aliphatic rings. The third kappa shape index (κ3) is 1.84. The molecule has 0 spiro atoms. The summed E-state index contributed by atoms with van der Waals surface area (Å²) in [7, 11) is 3.20. The van der Waals surface area contributed by atoms with E-state index in [2.05, 4.69) is 5.10 Å². The van der Waals surface area contributed by atoms with Gasteiger partial charge in [-0.25, -0.2) is 4.39 Å². The number of nitrogen functional groups attached to an aromatic ring is 1. The van der Waals surface area contributed by atoms with Gasteiger partial charge in [-0.2, -0.15) is 5.10 Å². The van der Waals surface area contributed by atoms with Gasteiger partial charge in [0.1, 0.15) is 5.82 Å². The molecule has 0 aliphatic carbocycles. The predicted molar refractivity (Wildman–Crippen MR) is 64.3 cm³/mol. The molecule has 0 saturated heterocycles. The first kappa shape index (κ1) is 11.4. The second-order valence-corrected chi connectivity index (χ2v) is 3.88. The highest BCUT2D eigenvalue weighted by atomic mass is 19.1. The van der Waals surface area contributed by atoms with Gasteiger partial charge in [0.05, 0.1) is 13.3 Å². The van der Waals surface area contributed by atoms with E-state index >= 15 is 0 Å². The van der Waals surface area contributed by atoms with Crippen LogP contribution in [0.25, 0.3) is 11.1 Å². The van der Waals surface area contributed by atoms with Crippen LogP contribution in [0.2, 0.25) is 0 Å². The van der Waals surface area contributed by atoms with Crippen molar-refractivity contribution >= 4 is 5.82 Å². The van der Waals surface area contributed by atoms with E-state index in [0.29, 0.717) is 11.4 Å². The van der Waals surface area contributed by atoms with Crippen LogP contribution >= 0.6 is 0 Å². The Labute approximate surface area is 98.8 Å². The molecule has 0 radical (unpaired) electrons. The number of nitrogens with two attached hydrogens (primary N) is 1. The summed E-state index contributed by atoms with van der Waals surface area (Å²) in [4.78, 5) is 0. The second-order valence-electron chi connectivity index (χ2n) is 3.88. The van der Waals surface area contributed by atoms with E-state index in [9.17, 15) is 4.39 Å². The van der Waals surface area contributed by atoms with Gasteiger partial charge in [0, 0.05) is 12.6 Å². The Kier molecular flexibility index (Phi) is 2.75. The molecular formula is C12H14FN3O. The maximum atomic E-state index is 13.6. The van der Waals surface area contributed by atoms with Crippen molar-refractivity contribution in [2.45, 2.75) is 6.92 Å². The number of rotatable bonds is 2. The van der Waals surface area contributed by atoms with Crippen molar-refractivity contribution < 1.29 is 9.13 Å². The van der Waals surface area contributed by atoms with Crippen molar-refractivity contribution in [3.8, 4) is 16.9 Å². The first-order valence-corrected chi connectivity index (χ1v) is 5.16. The maximum absolute atomic E-state index is 13.6. The standard InChI is InChI=1S/C12H14FN3O/c1-7-4-8(5-10(17-3)11(7)13)9-6-15-16(2)12(9)14/h4-6H,14H2,1-3H3. The molecule has 0 aliphatic heterocycles. The van der Waals surface area contributed by atoms with Crippen LogP contribution in [0.4, 0.5) is 10.2 Å². The van der Waals surface area contributed by atoms with Crippen LogP contribution in [0.3, 0.4) is 0 Å². The fourth-order valence-corrected chi connectivity index (χ4v) is 1.71. The van der Waals surface area contributed by atoms with Gasteiger partial charge in [0.25, 0.3) is 0 Å². The van der Waals surface area contributed by atoms with Gasteiger partial charge >= 0.3 is 0 Å². The summed E-state index contributed by atoms with van der Waals surface area (Å²) in [6.45, 7) is 1.69. The number of ether oxygens (including phenoxy) is 1. The molecule has 17 heavy (non-hydrogen) atoms. The molecule has 0 bridgehead atoms. The predicted octanol–water partition coefficient (Wildman–Crippen LogP) is 2.13. The van der Waals surface area contributed by atoms with Gasteiger partial charge < -0.3 is 10.5 Å². The SMILES string of the molecule is COc1cc(-c2cnn(C)c2N)cc(C)c1F. The normalized spacial score (nSPS) is 10.6. The molecule has 0 unspecified atom stereocenters. The van der Waals surface area contributed by atoms with Gasteiger partial charge in [-0.05, 0) is 30.2 Å². The van der Waals surface area contributed by atoms with E-state index in [-0.39, 0.29) is 11.6 Å². The van der Waals surface area contributed by atoms with Crippen molar-refractivity contribution in [3.05, 3.63) is 29.7 Å². The fourth-order valence-electron chi connectivity index (χ4n) is 1.71. The Morgan fingerprint density at radius 1 is 1.41 bits per heavy atom. The number of anilines is 1. The lowest BCUT2D eigenvalue weighted by molar-refractivity contribution is 0.385. The third-order valence-electron chi connectivity index (χ3n) is 2.74. The van der Waals surface area contributed by atoms with E-state index in [4.69, 9.17) is 10.5 Å². The molecule has 0 fully saturated rings. The summed E-state index contributed by atoms with van der Waals surface area (Å²) in [5.41, 5.74) is 7.97. The number of hydrogen-bond acceptors (Lipinski definition) is 3. The highest BCUT2D eigenvalue weighted by Crippen LogP contribution is 2.31. The summed E-state index contributed by atoms with van der Waals surface area (Å²) in [6.07, 6.45) is 1.65. The molecule has 90 valence electrons. The molecule has 1 heterocycles. The molecule has 1 aromatic carbocycles. The number of hydrogen-bond donors (Lipinski definition) is 1. The average molecular weight is 235 g/mol. The lowest BCUT2D eigenvalue weighted by atomic mass is 10.0. The minimum atomic E-state index is -0.348. The Balaban J connectivity index is 2.61. The molecule has 2 rings (SSSR count). The third-order valence-corrected chi connectivity index (χ3v) is 2.74. The van der Waals surface area contributed by atoms with Crippen molar-refractivity contribution in [2.75, 3.05) is 12.8 Å². The molecule has 0 amide bonds. The van der Waals surface area contributed by atoms with Crippen LogP contribution < -0.4 is 10.5 Å². The number of benzene rings is 1. The zero-order valence-electron chi connectivity index (χ0n) is 9.99. The Morgan fingerprint density at radius 3 is 2.65 bits per heavy atom. The molecule has 1 aromatic heterocycles. The first-order valence-electron chi connectivity index (χ1n) is 5.16. The van der Waals surface area contributed by atoms with E-state index in [1.165, 1.54) is 7.11 Å². The Hall–Kier alpha value is -2.04. The van der Waals surface area contributed by atoms with Gasteiger partial charge in [-0.15, -0.1) is 0 Å². The van der Waals surface area contributed by atoms with Crippen LogP contribution in [-0.2, 0) is 7.05 Å². The average Bonchev–Trinajstić information content (AvgIpc) is 2.64. The summed E-state index contributed by atoms with van der Waals surface area (Å²) in [5.74, 6) is 0.403. The summed E-state index contributed by atoms with van der Waals surface area (Å²) in [5, 5.41) is 4.06. The van der Waals surface area contributed by atoms with Crippen LogP contribution in [-0.4, -0.2) is 16.9 Å². The van der Waals surface area contributed by atoms with E-state index < -0.39 is 0 Å². The maximum Gasteiger partial charge on any atom is 0.167 e. The van der Waals surface area contributed by atoms with Crippen LogP contribution in [0.5, 0.6) is 5.75 Å². The number of halogens is 1. The number of nitrogens with zero attached hydrogens (tertiary/aromatic N) is 2. The summed E-state index contributed by atoms with van der Waals surface area (Å²) in [6, 6.07) is 3.35. The largest absolute Gasteiger partial charge is 0.494 e. The van der Waals surface area contributed by atoms with Gasteiger partial charge in [-0.1, -0.05) is 0 Å². The quantitative estimate of drug-likeness (QED) is 0.867. The minimum absolute atomic E-state index is 0.211. The van der Waals surface area contributed by atoms with Crippen molar-refractivity contribution in [1.82, 2.24) is 9.78 Å².